The Bertz CT molecular complexity index is 981. The normalized spacial score (nSPS) is 10.6. The Morgan fingerprint density at radius 1 is 1.11 bits per heavy atom. The van der Waals surface area contributed by atoms with Gasteiger partial charge in [0.1, 0.15) is 17.2 Å². The lowest BCUT2D eigenvalue weighted by Gasteiger charge is -2.14. The monoisotopic (exact) mass is 404 g/mol. The molecule has 1 aromatic heterocycles. The quantitative estimate of drug-likeness (QED) is 0.608. The van der Waals surface area contributed by atoms with E-state index < -0.39 is 12.5 Å². The molecule has 0 spiro atoms. The molecular weight excluding hydrogens is 390 g/mol. The molecule has 0 saturated heterocycles. The SMILES string of the molecule is COc1ccc(-c2cc(NC(=O)c3cc(Cl)ccn3)ccc2OC(F)F)cc1. The number of carbonyl (C=O) groups excluding carboxylic acids is 1. The van der Waals surface area contributed by atoms with Crippen LogP contribution in [0.15, 0.2) is 60.8 Å². The van der Waals surface area contributed by atoms with Crippen LogP contribution in [0, 0.1) is 0 Å². The minimum absolute atomic E-state index is 0.0148. The molecule has 0 aliphatic rings. The summed E-state index contributed by atoms with van der Waals surface area (Å²) >= 11 is 5.87. The van der Waals surface area contributed by atoms with Gasteiger partial charge in [-0.25, -0.2) is 0 Å². The van der Waals surface area contributed by atoms with Crippen molar-refractivity contribution in [1.82, 2.24) is 4.98 Å². The van der Waals surface area contributed by atoms with Crippen molar-refractivity contribution in [1.29, 1.82) is 0 Å². The van der Waals surface area contributed by atoms with Gasteiger partial charge in [0.25, 0.3) is 5.91 Å². The van der Waals surface area contributed by atoms with E-state index in [9.17, 15) is 13.6 Å². The number of nitrogens with one attached hydrogen (secondary N) is 1. The predicted octanol–water partition coefficient (Wildman–Crippen LogP) is 5.26. The largest absolute Gasteiger partial charge is 0.497 e. The number of nitrogens with zero attached hydrogens (tertiary/aromatic N) is 1. The molecule has 0 saturated carbocycles. The summed E-state index contributed by atoms with van der Waals surface area (Å²) in [6.45, 7) is -2.98. The highest BCUT2D eigenvalue weighted by Crippen LogP contribution is 2.34. The summed E-state index contributed by atoms with van der Waals surface area (Å²) in [6, 6.07) is 14.2. The highest BCUT2D eigenvalue weighted by molar-refractivity contribution is 6.30. The number of anilines is 1. The first kappa shape index (κ1) is 19.6. The van der Waals surface area contributed by atoms with Crippen molar-refractivity contribution in [3.63, 3.8) is 0 Å². The molecule has 1 N–H and O–H groups in total. The molecule has 5 nitrogen and oxygen atoms in total. The third-order valence-corrected chi connectivity index (χ3v) is 4.04. The molecule has 0 unspecified atom stereocenters. The average molecular weight is 405 g/mol. The van der Waals surface area contributed by atoms with Gasteiger partial charge in [-0.1, -0.05) is 23.7 Å². The second-order valence-electron chi connectivity index (χ2n) is 5.63. The fourth-order valence-electron chi connectivity index (χ4n) is 2.53. The Kier molecular flexibility index (Phi) is 6.06. The Balaban J connectivity index is 1.93. The van der Waals surface area contributed by atoms with Crippen molar-refractivity contribution in [3.05, 3.63) is 71.5 Å². The molecule has 0 radical (unpaired) electrons. The highest BCUT2D eigenvalue weighted by atomic mass is 35.5. The fraction of sp³-hybridized carbons (Fsp3) is 0.100. The van der Waals surface area contributed by atoms with E-state index in [0.29, 0.717) is 27.6 Å². The van der Waals surface area contributed by atoms with Crippen molar-refractivity contribution < 1.29 is 23.0 Å². The second kappa shape index (κ2) is 8.67. The molecule has 0 aliphatic heterocycles. The van der Waals surface area contributed by atoms with Crippen LogP contribution in [0.2, 0.25) is 5.02 Å². The van der Waals surface area contributed by atoms with Gasteiger partial charge >= 0.3 is 6.61 Å². The zero-order valence-electron chi connectivity index (χ0n) is 14.7. The van der Waals surface area contributed by atoms with Crippen LogP contribution >= 0.6 is 11.6 Å². The lowest BCUT2D eigenvalue weighted by Crippen LogP contribution is -2.13. The summed E-state index contributed by atoms with van der Waals surface area (Å²) in [5.41, 5.74) is 1.53. The van der Waals surface area contributed by atoms with Crippen LogP contribution in [0.5, 0.6) is 11.5 Å². The first-order valence-corrected chi connectivity index (χ1v) is 8.50. The second-order valence-corrected chi connectivity index (χ2v) is 6.07. The van der Waals surface area contributed by atoms with Crippen molar-refractivity contribution in [2.24, 2.45) is 0 Å². The maximum absolute atomic E-state index is 12.8. The number of methoxy groups -OCH3 is 1. The van der Waals surface area contributed by atoms with Gasteiger partial charge in [0.2, 0.25) is 0 Å². The standard InChI is InChI=1S/C20H15ClF2N2O3/c1-27-15-5-2-12(3-6-15)16-11-14(4-7-18(16)28-20(22)23)25-19(26)17-10-13(21)8-9-24-17/h2-11,20H,1H3,(H,25,26). The number of ether oxygens (including phenoxy) is 2. The number of aromatic nitrogens is 1. The molecule has 0 bridgehead atoms. The maximum atomic E-state index is 12.8. The zero-order chi connectivity index (χ0) is 20.1. The molecule has 0 fully saturated rings. The van der Waals surface area contributed by atoms with E-state index in [4.69, 9.17) is 16.3 Å². The first-order chi connectivity index (χ1) is 13.5. The Morgan fingerprint density at radius 3 is 2.50 bits per heavy atom. The molecule has 2 aromatic carbocycles. The Labute approximate surface area is 164 Å². The third-order valence-electron chi connectivity index (χ3n) is 3.81. The van der Waals surface area contributed by atoms with Crippen LogP contribution in [0.25, 0.3) is 11.1 Å². The van der Waals surface area contributed by atoms with Gasteiger partial charge in [-0.15, -0.1) is 0 Å². The van der Waals surface area contributed by atoms with Crippen molar-refractivity contribution in [3.8, 4) is 22.6 Å². The summed E-state index contributed by atoms with van der Waals surface area (Å²) in [6.07, 6.45) is 1.42. The molecule has 0 aliphatic carbocycles. The molecule has 0 atom stereocenters. The number of halogens is 3. The van der Waals surface area contributed by atoms with E-state index >= 15 is 0 Å². The molecule has 28 heavy (non-hydrogen) atoms. The van der Waals surface area contributed by atoms with Gasteiger partial charge in [-0.05, 0) is 48.0 Å². The number of hydrogen-bond donors (Lipinski definition) is 1. The topological polar surface area (TPSA) is 60.5 Å². The van der Waals surface area contributed by atoms with E-state index in [0.717, 1.165) is 0 Å². The van der Waals surface area contributed by atoms with Gasteiger partial charge in [-0.2, -0.15) is 8.78 Å². The summed E-state index contributed by atoms with van der Waals surface area (Å²) in [5.74, 6) is 0.126. The van der Waals surface area contributed by atoms with E-state index in [1.807, 2.05) is 0 Å². The first-order valence-electron chi connectivity index (χ1n) is 8.12. The summed E-state index contributed by atoms with van der Waals surface area (Å²) in [5, 5.41) is 3.05. The lowest BCUT2D eigenvalue weighted by atomic mass is 10.0. The Hall–Kier alpha value is -3.19. The molecule has 3 aromatic rings. The van der Waals surface area contributed by atoms with Crippen LogP contribution in [-0.4, -0.2) is 24.6 Å². The zero-order valence-corrected chi connectivity index (χ0v) is 15.4. The summed E-state index contributed by atoms with van der Waals surface area (Å²) in [7, 11) is 1.53. The third kappa shape index (κ3) is 4.75. The van der Waals surface area contributed by atoms with Gasteiger partial charge in [-0.3, -0.25) is 9.78 Å². The number of carbonyl (C=O) groups is 1. The fourth-order valence-corrected chi connectivity index (χ4v) is 2.69. The number of hydrogen-bond acceptors (Lipinski definition) is 4. The number of benzene rings is 2. The minimum atomic E-state index is -2.98. The van der Waals surface area contributed by atoms with Crippen LogP contribution in [0.3, 0.4) is 0 Å². The van der Waals surface area contributed by atoms with E-state index in [1.54, 1.807) is 36.4 Å². The lowest BCUT2D eigenvalue weighted by molar-refractivity contribution is -0.0494. The molecule has 144 valence electrons. The predicted molar refractivity (Wildman–Crippen MR) is 102 cm³/mol. The molecule has 3 rings (SSSR count). The van der Waals surface area contributed by atoms with Crippen LogP contribution in [0.1, 0.15) is 10.5 Å². The van der Waals surface area contributed by atoms with Gasteiger partial charge < -0.3 is 14.8 Å². The molecular formula is C20H15ClF2N2O3. The van der Waals surface area contributed by atoms with E-state index in [-0.39, 0.29) is 11.4 Å². The highest BCUT2D eigenvalue weighted by Gasteiger charge is 2.14. The smallest absolute Gasteiger partial charge is 0.387 e. The van der Waals surface area contributed by atoms with Gasteiger partial charge in [0, 0.05) is 22.5 Å². The number of amides is 1. The van der Waals surface area contributed by atoms with E-state index in [2.05, 4.69) is 15.0 Å². The number of pyridine rings is 1. The average Bonchev–Trinajstić information content (AvgIpc) is 2.69. The molecule has 1 heterocycles. The Morgan fingerprint density at radius 2 is 1.86 bits per heavy atom. The van der Waals surface area contributed by atoms with Crippen LogP contribution in [0.4, 0.5) is 14.5 Å². The summed E-state index contributed by atoms with van der Waals surface area (Å²) in [4.78, 5) is 16.3. The number of rotatable bonds is 6. The van der Waals surface area contributed by atoms with Crippen molar-refractivity contribution in [2.45, 2.75) is 6.61 Å². The van der Waals surface area contributed by atoms with E-state index in [1.165, 1.54) is 31.5 Å². The van der Waals surface area contributed by atoms with Crippen LogP contribution < -0.4 is 14.8 Å². The van der Waals surface area contributed by atoms with Crippen molar-refractivity contribution in [2.75, 3.05) is 12.4 Å². The van der Waals surface area contributed by atoms with Gasteiger partial charge in [0.05, 0.1) is 7.11 Å². The van der Waals surface area contributed by atoms with Crippen LogP contribution in [-0.2, 0) is 0 Å². The minimum Gasteiger partial charge on any atom is -0.497 e. The van der Waals surface area contributed by atoms with Gasteiger partial charge in [0.15, 0.2) is 0 Å². The number of alkyl halides is 2. The molecule has 8 heteroatoms. The summed E-state index contributed by atoms with van der Waals surface area (Å²) < 4.78 is 35.3. The maximum Gasteiger partial charge on any atom is 0.387 e. The molecule has 1 amide bonds. The van der Waals surface area contributed by atoms with Crippen molar-refractivity contribution >= 4 is 23.2 Å².